The fourth-order valence-corrected chi connectivity index (χ4v) is 1.37. The van der Waals surface area contributed by atoms with E-state index in [9.17, 15) is 14.4 Å². The molecule has 2 aromatic heterocycles. The molecule has 0 aromatic carbocycles. The van der Waals surface area contributed by atoms with E-state index in [0.29, 0.717) is 0 Å². The molecule has 94 valence electrons. The van der Waals surface area contributed by atoms with Gasteiger partial charge in [-0.3, -0.25) is 9.59 Å². The number of hydrogen-bond donors (Lipinski definition) is 1. The van der Waals surface area contributed by atoms with Crippen molar-refractivity contribution in [3.8, 4) is 0 Å². The van der Waals surface area contributed by atoms with E-state index in [0.717, 1.165) is 9.13 Å². The highest BCUT2D eigenvalue weighted by Crippen LogP contribution is 2.04. The fraction of sp³-hybridized carbons (Fsp3) is 0.200. The zero-order chi connectivity index (χ0) is 13.3. The third-order valence-electron chi connectivity index (χ3n) is 2.34. The highest BCUT2D eigenvalue weighted by molar-refractivity contribution is 5.85. The molecule has 8 nitrogen and oxygen atoms in total. The summed E-state index contributed by atoms with van der Waals surface area (Å²) in [7, 11) is 1.46. The van der Waals surface area contributed by atoms with Gasteiger partial charge in [0.25, 0.3) is 0 Å². The lowest BCUT2D eigenvalue weighted by atomic mass is 10.3. The molecule has 0 aliphatic heterocycles. The molecule has 2 heterocycles. The average Bonchev–Trinajstić information content (AvgIpc) is 2.79. The molecule has 0 spiro atoms. The molecule has 2 rings (SSSR count). The predicted octanol–water partition coefficient (Wildman–Crippen LogP) is -0.719. The Morgan fingerprint density at radius 2 is 2.11 bits per heavy atom. The van der Waals surface area contributed by atoms with Gasteiger partial charge in [0.05, 0.1) is 6.54 Å². The van der Waals surface area contributed by atoms with Crippen molar-refractivity contribution >= 4 is 5.97 Å². The summed E-state index contributed by atoms with van der Waals surface area (Å²) in [5, 5.41) is 12.0. The van der Waals surface area contributed by atoms with E-state index in [1.54, 1.807) is 0 Å². The minimum absolute atomic E-state index is 0.0464. The molecule has 2 aromatic rings. The summed E-state index contributed by atoms with van der Waals surface area (Å²) in [5.74, 6) is -1.04. The molecule has 18 heavy (non-hydrogen) atoms. The number of rotatable bonds is 3. The number of aromatic carboxylic acids is 1. The van der Waals surface area contributed by atoms with Crippen molar-refractivity contribution in [2.24, 2.45) is 7.05 Å². The zero-order valence-electron chi connectivity index (χ0n) is 9.36. The fourth-order valence-electron chi connectivity index (χ4n) is 1.37. The summed E-state index contributed by atoms with van der Waals surface area (Å²) in [6.45, 7) is -0.0464. The van der Waals surface area contributed by atoms with Crippen LogP contribution in [0.15, 0.2) is 32.6 Å². The molecule has 0 unspecified atom stereocenters. The van der Waals surface area contributed by atoms with Crippen LogP contribution in [0.4, 0.5) is 0 Å². The van der Waals surface area contributed by atoms with Crippen LogP contribution in [0.3, 0.4) is 0 Å². The standard InChI is InChI=1S/C10H9N3O5/c1-12-2-3-13(9(15)8(12)14)5-6-4-7(10(16)17)11-18-6/h2-4H,5H2,1H3,(H,16,17). The van der Waals surface area contributed by atoms with Gasteiger partial charge < -0.3 is 18.8 Å². The van der Waals surface area contributed by atoms with Crippen molar-refractivity contribution in [3.05, 3.63) is 50.6 Å². The second-order valence-electron chi connectivity index (χ2n) is 3.63. The Morgan fingerprint density at radius 1 is 1.39 bits per heavy atom. The van der Waals surface area contributed by atoms with Gasteiger partial charge in [0.15, 0.2) is 11.5 Å². The molecular formula is C10H9N3O5. The Labute approximate surface area is 99.7 Å². The van der Waals surface area contributed by atoms with Gasteiger partial charge in [-0.15, -0.1) is 0 Å². The van der Waals surface area contributed by atoms with Crippen molar-refractivity contribution in [1.82, 2.24) is 14.3 Å². The molecule has 0 saturated carbocycles. The number of hydrogen-bond acceptors (Lipinski definition) is 5. The van der Waals surface area contributed by atoms with Crippen LogP contribution < -0.4 is 11.1 Å². The van der Waals surface area contributed by atoms with Crippen LogP contribution in [0, 0.1) is 0 Å². The van der Waals surface area contributed by atoms with Crippen molar-refractivity contribution in [3.63, 3.8) is 0 Å². The lowest BCUT2D eigenvalue weighted by molar-refractivity contribution is 0.0685. The van der Waals surface area contributed by atoms with Crippen molar-refractivity contribution in [2.45, 2.75) is 6.54 Å². The van der Waals surface area contributed by atoms with Gasteiger partial charge in [-0.25, -0.2) is 4.79 Å². The average molecular weight is 251 g/mol. The molecule has 0 saturated heterocycles. The summed E-state index contributed by atoms with van der Waals surface area (Å²) in [5.41, 5.74) is -1.63. The summed E-state index contributed by atoms with van der Waals surface area (Å²) in [6, 6.07) is 1.20. The summed E-state index contributed by atoms with van der Waals surface area (Å²) >= 11 is 0. The van der Waals surface area contributed by atoms with Crippen LogP contribution in [0.2, 0.25) is 0 Å². The lowest BCUT2D eigenvalue weighted by Gasteiger charge is -2.02. The Kier molecular flexibility index (Phi) is 2.84. The lowest BCUT2D eigenvalue weighted by Crippen LogP contribution is -2.39. The monoisotopic (exact) mass is 251 g/mol. The molecule has 0 atom stereocenters. The third-order valence-corrected chi connectivity index (χ3v) is 2.34. The summed E-state index contributed by atoms with van der Waals surface area (Å²) in [6.07, 6.45) is 2.84. The maximum atomic E-state index is 11.6. The number of nitrogens with zero attached hydrogens (tertiary/aromatic N) is 3. The molecule has 8 heteroatoms. The number of carbonyl (C=O) groups is 1. The molecule has 0 aliphatic rings. The van der Waals surface area contributed by atoms with Gasteiger partial charge in [0, 0.05) is 25.5 Å². The third kappa shape index (κ3) is 2.08. The van der Waals surface area contributed by atoms with E-state index in [1.165, 1.54) is 25.5 Å². The van der Waals surface area contributed by atoms with Crippen LogP contribution in [0.5, 0.6) is 0 Å². The largest absolute Gasteiger partial charge is 0.476 e. The number of aryl methyl sites for hydroxylation is 1. The summed E-state index contributed by atoms with van der Waals surface area (Å²) < 4.78 is 7.03. The zero-order valence-corrected chi connectivity index (χ0v) is 9.36. The molecule has 0 radical (unpaired) electrons. The smallest absolute Gasteiger partial charge is 0.358 e. The Balaban J connectivity index is 2.34. The van der Waals surface area contributed by atoms with E-state index in [4.69, 9.17) is 9.63 Å². The molecule has 1 N–H and O–H groups in total. The maximum absolute atomic E-state index is 11.6. The van der Waals surface area contributed by atoms with Gasteiger partial charge in [-0.1, -0.05) is 5.16 Å². The van der Waals surface area contributed by atoms with E-state index >= 15 is 0 Å². The maximum Gasteiger partial charge on any atom is 0.358 e. The van der Waals surface area contributed by atoms with E-state index in [1.807, 2.05) is 0 Å². The molecular weight excluding hydrogens is 242 g/mol. The minimum atomic E-state index is -1.22. The van der Waals surface area contributed by atoms with Crippen LogP contribution in [0.25, 0.3) is 0 Å². The van der Waals surface area contributed by atoms with Gasteiger partial charge >= 0.3 is 17.1 Å². The first-order valence-electron chi connectivity index (χ1n) is 4.94. The van der Waals surface area contributed by atoms with E-state index in [2.05, 4.69) is 5.16 Å². The molecule has 0 amide bonds. The van der Waals surface area contributed by atoms with Gasteiger partial charge in [0.2, 0.25) is 0 Å². The number of carboxylic acid groups (broad SMARTS) is 1. The highest BCUT2D eigenvalue weighted by atomic mass is 16.5. The van der Waals surface area contributed by atoms with Crippen LogP contribution >= 0.6 is 0 Å². The Hall–Kier alpha value is -2.64. The normalized spacial score (nSPS) is 10.5. The SMILES string of the molecule is Cn1ccn(Cc2cc(C(=O)O)no2)c(=O)c1=O. The second-order valence-corrected chi connectivity index (χ2v) is 3.63. The van der Waals surface area contributed by atoms with Crippen LogP contribution in [0.1, 0.15) is 16.2 Å². The van der Waals surface area contributed by atoms with Crippen LogP contribution in [-0.4, -0.2) is 25.4 Å². The predicted molar refractivity (Wildman–Crippen MR) is 58.5 cm³/mol. The quantitative estimate of drug-likeness (QED) is 0.721. The van der Waals surface area contributed by atoms with E-state index in [-0.39, 0.29) is 18.0 Å². The minimum Gasteiger partial charge on any atom is -0.476 e. The van der Waals surface area contributed by atoms with Gasteiger partial charge in [-0.2, -0.15) is 0 Å². The number of carboxylic acids is 1. The number of aromatic nitrogens is 3. The first-order valence-corrected chi connectivity index (χ1v) is 4.94. The molecule has 0 fully saturated rings. The summed E-state index contributed by atoms with van der Waals surface area (Å²) in [4.78, 5) is 33.6. The van der Waals surface area contributed by atoms with Crippen molar-refractivity contribution in [2.75, 3.05) is 0 Å². The van der Waals surface area contributed by atoms with Crippen molar-refractivity contribution < 1.29 is 14.4 Å². The molecule has 0 bridgehead atoms. The topological polar surface area (TPSA) is 107 Å². The Morgan fingerprint density at radius 3 is 2.72 bits per heavy atom. The Bertz CT molecular complexity index is 709. The van der Waals surface area contributed by atoms with Crippen molar-refractivity contribution in [1.29, 1.82) is 0 Å². The highest BCUT2D eigenvalue weighted by Gasteiger charge is 2.12. The van der Waals surface area contributed by atoms with Gasteiger partial charge in [-0.05, 0) is 0 Å². The van der Waals surface area contributed by atoms with Gasteiger partial charge in [0.1, 0.15) is 0 Å². The molecule has 0 aliphatic carbocycles. The van der Waals surface area contributed by atoms with Crippen LogP contribution in [-0.2, 0) is 13.6 Å². The first kappa shape index (κ1) is 11.8. The second kappa shape index (κ2) is 4.32. The van der Waals surface area contributed by atoms with E-state index < -0.39 is 17.1 Å². The first-order chi connectivity index (χ1) is 8.49.